The van der Waals surface area contributed by atoms with Crippen LogP contribution in [0.2, 0.25) is 0 Å². The molecule has 2 heterocycles. The van der Waals surface area contributed by atoms with Crippen molar-refractivity contribution >= 4 is 15.9 Å². The van der Waals surface area contributed by atoms with Crippen LogP contribution >= 0.6 is 0 Å². The number of sulfonamides is 1. The van der Waals surface area contributed by atoms with E-state index in [4.69, 9.17) is 9.47 Å². The Bertz CT molecular complexity index is 983. The van der Waals surface area contributed by atoms with Gasteiger partial charge in [-0.05, 0) is 32.4 Å². The molecule has 0 saturated carbocycles. The summed E-state index contributed by atoms with van der Waals surface area (Å²) in [6.45, 7) is 4.68. The Morgan fingerprint density at radius 1 is 1.10 bits per heavy atom. The molecule has 1 aliphatic heterocycles. The molecule has 10 heteroatoms. The highest BCUT2D eigenvalue weighted by Gasteiger charge is 2.32. The van der Waals surface area contributed by atoms with Crippen LogP contribution in [-0.4, -0.2) is 74.1 Å². The van der Waals surface area contributed by atoms with Gasteiger partial charge >= 0.3 is 0 Å². The highest BCUT2D eigenvalue weighted by Crippen LogP contribution is 2.27. The maximum absolute atomic E-state index is 13.1. The highest BCUT2D eigenvalue weighted by atomic mass is 32.2. The Labute approximate surface area is 170 Å². The van der Waals surface area contributed by atoms with E-state index in [2.05, 4.69) is 10.2 Å². The SMILES string of the molecule is COc1ccc(C(=O)N2CCCN(S(=O)(=O)c3c(C)n[nH]c3C)CC2)c(OC)c1. The third-order valence-corrected chi connectivity index (χ3v) is 7.20. The van der Waals surface area contributed by atoms with Crippen molar-refractivity contribution in [2.45, 2.75) is 25.2 Å². The van der Waals surface area contributed by atoms with Crippen molar-refractivity contribution in [3.05, 3.63) is 35.2 Å². The van der Waals surface area contributed by atoms with Gasteiger partial charge in [-0.3, -0.25) is 9.89 Å². The number of aryl methyl sites for hydroxylation is 2. The second kappa shape index (κ2) is 8.42. The lowest BCUT2D eigenvalue weighted by atomic mass is 10.1. The number of ether oxygens (including phenoxy) is 2. The molecular formula is C19H26N4O5S. The predicted octanol–water partition coefficient (Wildman–Crippen LogP) is 1.58. The predicted molar refractivity (Wildman–Crippen MR) is 107 cm³/mol. The first-order valence-corrected chi connectivity index (χ1v) is 10.8. The molecule has 1 aromatic heterocycles. The third-order valence-electron chi connectivity index (χ3n) is 5.04. The number of carbonyl (C=O) groups is 1. The van der Waals surface area contributed by atoms with Crippen LogP contribution in [-0.2, 0) is 10.0 Å². The molecule has 0 aliphatic carbocycles. The van der Waals surface area contributed by atoms with Crippen molar-refractivity contribution < 1.29 is 22.7 Å². The van der Waals surface area contributed by atoms with Crippen molar-refractivity contribution in [2.75, 3.05) is 40.4 Å². The smallest absolute Gasteiger partial charge is 0.257 e. The van der Waals surface area contributed by atoms with Gasteiger partial charge in [0.15, 0.2) is 0 Å². The third kappa shape index (κ3) is 4.08. The maximum atomic E-state index is 13.1. The highest BCUT2D eigenvalue weighted by molar-refractivity contribution is 7.89. The number of carbonyl (C=O) groups excluding carboxylic acids is 1. The number of amides is 1. The second-order valence-corrected chi connectivity index (χ2v) is 8.75. The number of aromatic amines is 1. The molecule has 0 bridgehead atoms. The Morgan fingerprint density at radius 2 is 1.86 bits per heavy atom. The van der Waals surface area contributed by atoms with Gasteiger partial charge in [0.1, 0.15) is 16.4 Å². The molecule has 29 heavy (non-hydrogen) atoms. The molecule has 0 radical (unpaired) electrons. The van der Waals surface area contributed by atoms with Crippen LogP contribution in [0.4, 0.5) is 0 Å². The molecule has 3 rings (SSSR count). The van der Waals surface area contributed by atoms with E-state index < -0.39 is 10.0 Å². The van der Waals surface area contributed by atoms with Crippen molar-refractivity contribution in [3.63, 3.8) is 0 Å². The van der Waals surface area contributed by atoms with E-state index in [0.717, 1.165) is 0 Å². The van der Waals surface area contributed by atoms with Crippen LogP contribution in [0.25, 0.3) is 0 Å². The summed E-state index contributed by atoms with van der Waals surface area (Å²) < 4.78 is 38.1. The van der Waals surface area contributed by atoms with E-state index in [1.165, 1.54) is 11.4 Å². The number of nitrogens with zero attached hydrogens (tertiary/aromatic N) is 3. The number of hydrogen-bond donors (Lipinski definition) is 1. The molecule has 2 aromatic rings. The summed E-state index contributed by atoms with van der Waals surface area (Å²) in [5.41, 5.74) is 1.39. The maximum Gasteiger partial charge on any atom is 0.257 e. The van der Waals surface area contributed by atoms with Crippen LogP contribution in [0.3, 0.4) is 0 Å². The zero-order valence-corrected chi connectivity index (χ0v) is 17.9. The number of rotatable bonds is 5. The first-order chi connectivity index (χ1) is 13.8. The summed E-state index contributed by atoms with van der Waals surface area (Å²) in [4.78, 5) is 14.9. The molecule has 1 fully saturated rings. The summed E-state index contributed by atoms with van der Waals surface area (Å²) in [5, 5.41) is 6.72. The fourth-order valence-corrected chi connectivity index (χ4v) is 5.33. The fourth-order valence-electron chi connectivity index (χ4n) is 3.53. The number of methoxy groups -OCH3 is 2. The monoisotopic (exact) mass is 422 g/mol. The van der Waals surface area contributed by atoms with E-state index >= 15 is 0 Å². The number of aromatic nitrogens is 2. The summed E-state index contributed by atoms with van der Waals surface area (Å²) in [6, 6.07) is 5.03. The topological polar surface area (TPSA) is 105 Å². The standard InChI is InChI=1S/C19H26N4O5S/c1-13-18(14(2)21-20-13)29(25,26)23-9-5-8-22(10-11-23)19(24)16-7-6-15(27-3)12-17(16)28-4/h6-7,12H,5,8-11H2,1-4H3,(H,20,21). The number of benzene rings is 1. The lowest BCUT2D eigenvalue weighted by Crippen LogP contribution is -2.37. The minimum absolute atomic E-state index is 0.195. The van der Waals surface area contributed by atoms with E-state index in [0.29, 0.717) is 54.5 Å². The summed E-state index contributed by atoms with van der Waals surface area (Å²) in [6.07, 6.45) is 0.541. The lowest BCUT2D eigenvalue weighted by Gasteiger charge is -2.23. The van der Waals surface area contributed by atoms with Gasteiger partial charge in [-0.2, -0.15) is 9.40 Å². The second-order valence-electron chi connectivity index (χ2n) is 6.88. The van der Waals surface area contributed by atoms with Gasteiger partial charge in [-0.15, -0.1) is 0 Å². The molecule has 158 valence electrons. The number of nitrogens with one attached hydrogen (secondary N) is 1. The zero-order valence-electron chi connectivity index (χ0n) is 17.1. The first kappa shape index (κ1) is 21.1. The van der Waals surface area contributed by atoms with Gasteiger partial charge in [0.2, 0.25) is 10.0 Å². The summed E-state index contributed by atoms with van der Waals surface area (Å²) in [7, 11) is -0.636. The lowest BCUT2D eigenvalue weighted by molar-refractivity contribution is 0.0761. The minimum atomic E-state index is -3.68. The van der Waals surface area contributed by atoms with Crippen molar-refractivity contribution in [1.82, 2.24) is 19.4 Å². The zero-order chi connectivity index (χ0) is 21.2. The molecule has 0 spiro atoms. The molecular weight excluding hydrogens is 396 g/mol. The van der Waals surface area contributed by atoms with Gasteiger partial charge < -0.3 is 14.4 Å². The summed E-state index contributed by atoms with van der Waals surface area (Å²) in [5.74, 6) is 0.824. The van der Waals surface area contributed by atoms with Gasteiger partial charge in [0.25, 0.3) is 5.91 Å². The molecule has 1 aliphatic rings. The summed E-state index contributed by atoms with van der Waals surface area (Å²) >= 11 is 0. The normalized spacial score (nSPS) is 15.8. The van der Waals surface area contributed by atoms with Gasteiger partial charge in [-0.25, -0.2) is 8.42 Å². The van der Waals surface area contributed by atoms with E-state index in [9.17, 15) is 13.2 Å². The van der Waals surface area contributed by atoms with Crippen molar-refractivity contribution in [3.8, 4) is 11.5 Å². The minimum Gasteiger partial charge on any atom is -0.497 e. The van der Waals surface area contributed by atoms with Crippen molar-refractivity contribution in [1.29, 1.82) is 0 Å². The van der Waals surface area contributed by atoms with E-state index in [1.807, 2.05) is 0 Å². The van der Waals surface area contributed by atoms with Gasteiger partial charge in [0, 0.05) is 32.2 Å². The Morgan fingerprint density at radius 3 is 2.48 bits per heavy atom. The van der Waals surface area contributed by atoms with E-state index in [1.54, 1.807) is 44.1 Å². The molecule has 1 saturated heterocycles. The quantitative estimate of drug-likeness (QED) is 0.784. The molecule has 0 unspecified atom stereocenters. The molecule has 1 N–H and O–H groups in total. The van der Waals surface area contributed by atoms with Crippen LogP contribution < -0.4 is 9.47 Å². The first-order valence-electron chi connectivity index (χ1n) is 9.32. The van der Waals surface area contributed by atoms with Crippen LogP contribution in [0, 0.1) is 13.8 Å². The number of hydrogen-bond acceptors (Lipinski definition) is 6. The van der Waals surface area contributed by atoms with Crippen LogP contribution in [0.15, 0.2) is 23.1 Å². The average molecular weight is 423 g/mol. The molecule has 1 aromatic carbocycles. The number of H-pyrrole nitrogens is 1. The average Bonchev–Trinajstić information content (AvgIpc) is 2.91. The van der Waals surface area contributed by atoms with E-state index in [-0.39, 0.29) is 17.3 Å². The molecule has 9 nitrogen and oxygen atoms in total. The largest absolute Gasteiger partial charge is 0.497 e. The van der Waals surface area contributed by atoms with Gasteiger partial charge in [-0.1, -0.05) is 0 Å². The van der Waals surface area contributed by atoms with Crippen LogP contribution in [0.5, 0.6) is 11.5 Å². The Kier molecular flexibility index (Phi) is 6.13. The molecule has 0 atom stereocenters. The molecule has 1 amide bonds. The Balaban J connectivity index is 1.79. The van der Waals surface area contributed by atoms with Crippen molar-refractivity contribution in [2.24, 2.45) is 0 Å². The van der Waals surface area contributed by atoms with Crippen LogP contribution in [0.1, 0.15) is 28.2 Å². The fraction of sp³-hybridized carbons (Fsp3) is 0.474. The van der Waals surface area contributed by atoms with Gasteiger partial charge in [0.05, 0.1) is 31.2 Å². The Hall–Kier alpha value is -2.59.